The van der Waals surface area contributed by atoms with E-state index in [2.05, 4.69) is 4.99 Å². The van der Waals surface area contributed by atoms with Gasteiger partial charge in [-0.1, -0.05) is 6.07 Å². The highest BCUT2D eigenvalue weighted by Crippen LogP contribution is 2.40. The number of ketones is 1. The summed E-state index contributed by atoms with van der Waals surface area (Å²) in [4.78, 5) is 16.4. The lowest BCUT2D eigenvalue weighted by molar-refractivity contribution is -0.123. The minimum absolute atomic E-state index is 0.0487. The van der Waals surface area contributed by atoms with Crippen LogP contribution in [0.4, 0.5) is 5.69 Å². The predicted octanol–water partition coefficient (Wildman–Crippen LogP) is 1.91. The molecule has 2 aliphatic rings. The highest BCUT2D eigenvalue weighted by molar-refractivity contribution is 6.06. The molecule has 0 aromatic heterocycles. The van der Waals surface area contributed by atoms with Gasteiger partial charge in [-0.3, -0.25) is 4.79 Å². The van der Waals surface area contributed by atoms with Crippen LogP contribution < -0.4 is 10.5 Å². The largest absolute Gasteiger partial charge is 0.479 e. The Hall–Kier alpha value is -1.68. The number of carbonyl (C=O) groups excluding carboxylic acids is 1. The molecular weight excluding hydrogens is 228 g/mol. The maximum Gasteiger partial charge on any atom is 0.154 e. The molecule has 1 saturated carbocycles. The van der Waals surface area contributed by atoms with Crippen molar-refractivity contribution in [1.29, 1.82) is 0 Å². The molecule has 1 aromatic carbocycles. The average Bonchev–Trinajstić information content (AvgIpc) is 2.28. The number of nitrogens with zero attached hydrogens (tertiary/aromatic N) is 1. The van der Waals surface area contributed by atoms with Crippen molar-refractivity contribution in [3.8, 4) is 5.75 Å². The van der Waals surface area contributed by atoms with Crippen molar-refractivity contribution in [1.82, 2.24) is 0 Å². The van der Waals surface area contributed by atoms with Crippen molar-refractivity contribution in [3.05, 3.63) is 23.8 Å². The lowest BCUT2D eigenvalue weighted by Gasteiger charge is -2.39. The van der Waals surface area contributed by atoms with E-state index in [1.54, 1.807) is 0 Å². The minimum atomic E-state index is -0.617. The van der Waals surface area contributed by atoms with Gasteiger partial charge in [0, 0.05) is 6.42 Å². The van der Waals surface area contributed by atoms with Crippen LogP contribution in [0.5, 0.6) is 5.75 Å². The molecule has 0 amide bonds. The Labute approximate surface area is 106 Å². The summed E-state index contributed by atoms with van der Waals surface area (Å²) in [5, 5.41) is 0. The number of ether oxygens (including phenoxy) is 1. The first-order chi connectivity index (χ1) is 8.48. The van der Waals surface area contributed by atoms with Crippen LogP contribution in [0.2, 0.25) is 0 Å². The number of rotatable bonds is 0. The van der Waals surface area contributed by atoms with E-state index in [4.69, 9.17) is 10.5 Å². The van der Waals surface area contributed by atoms with Gasteiger partial charge >= 0.3 is 0 Å². The Morgan fingerprint density at radius 3 is 3.06 bits per heavy atom. The topological polar surface area (TPSA) is 64.7 Å². The Morgan fingerprint density at radius 2 is 2.28 bits per heavy atom. The lowest BCUT2D eigenvalue weighted by Crippen LogP contribution is -2.54. The number of carbonyl (C=O) groups is 1. The van der Waals surface area contributed by atoms with Crippen LogP contribution in [0.1, 0.15) is 25.3 Å². The standard InChI is InChI=1S/C14H16N2O2/c1-8-3-4-10-12(5-8)18-14(2)7-11(17)9(15)6-13(14)16-10/h3-5,9H,6-7,15H2,1-2H3. The summed E-state index contributed by atoms with van der Waals surface area (Å²) in [6, 6.07) is 5.47. The molecule has 0 radical (unpaired) electrons. The predicted molar refractivity (Wildman–Crippen MR) is 69.5 cm³/mol. The van der Waals surface area contributed by atoms with Crippen molar-refractivity contribution >= 4 is 17.2 Å². The number of nitrogens with two attached hydrogens (primary N) is 1. The van der Waals surface area contributed by atoms with Crippen molar-refractivity contribution in [3.63, 3.8) is 0 Å². The van der Waals surface area contributed by atoms with Crippen molar-refractivity contribution < 1.29 is 9.53 Å². The van der Waals surface area contributed by atoms with Crippen LogP contribution in [0.25, 0.3) is 0 Å². The third-order valence-electron chi connectivity index (χ3n) is 3.65. The summed E-state index contributed by atoms with van der Waals surface area (Å²) in [5.41, 5.74) is 8.01. The highest BCUT2D eigenvalue weighted by atomic mass is 16.5. The van der Waals surface area contributed by atoms with Gasteiger partial charge in [0.05, 0.1) is 18.2 Å². The first-order valence-corrected chi connectivity index (χ1v) is 6.14. The molecule has 1 aliphatic heterocycles. The van der Waals surface area contributed by atoms with Gasteiger partial charge in [0.2, 0.25) is 0 Å². The maximum atomic E-state index is 11.8. The monoisotopic (exact) mass is 244 g/mol. The van der Waals surface area contributed by atoms with Crippen molar-refractivity contribution in [2.75, 3.05) is 0 Å². The summed E-state index contributed by atoms with van der Waals surface area (Å²) in [6.07, 6.45) is 0.795. The molecule has 0 bridgehead atoms. The summed E-state index contributed by atoms with van der Waals surface area (Å²) in [5.74, 6) is 0.803. The molecule has 2 unspecified atom stereocenters. The molecule has 2 N–H and O–H groups in total. The number of hydrogen-bond donors (Lipinski definition) is 1. The number of fused-ring (bicyclic) bond motifs is 2. The first-order valence-electron chi connectivity index (χ1n) is 6.14. The lowest BCUT2D eigenvalue weighted by atomic mass is 9.80. The molecule has 18 heavy (non-hydrogen) atoms. The SMILES string of the molecule is Cc1ccc2c(c1)OC1(C)CC(=O)C(N)CC1=N2. The number of Topliss-reactive ketones (excluding diaryl/α,β-unsaturated/α-hetero) is 1. The molecule has 1 aliphatic carbocycles. The zero-order valence-electron chi connectivity index (χ0n) is 10.6. The molecule has 4 nitrogen and oxygen atoms in total. The van der Waals surface area contributed by atoms with E-state index in [0.29, 0.717) is 12.8 Å². The molecule has 0 spiro atoms. The number of aliphatic imine (C=N–C) groups is 1. The summed E-state index contributed by atoms with van der Waals surface area (Å²) in [6.45, 7) is 3.92. The fourth-order valence-electron chi connectivity index (χ4n) is 2.55. The van der Waals surface area contributed by atoms with Crippen LogP contribution in [-0.4, -0.2) is 23.1 Å². The van der Waals surface area contributed by atoms with Gasteiger partial charge in [-0.2, -0.15) is 0 Å². The van der Waals surface area contributed by atoms with Gasteiger partial charge in [-0.25, -0.2) is 4.99 Å². The Balaban J connectivity index is 2.08. The molecule has 0 saturated heterocycles. The molecule has 1 heterocycles. The third kappa shape index (κ3) is 1.64. The van der Waals surface area contributed by atoms with Gasteiger partial charge in [0.1, 0.15) is 11.4 Å². The van der Waals surface area contributed by atoms with E-state index < -0.39 is 11.6 Å². The zero-order chi connectivity index (χ0) is 12.9. The number of aryl methyl sites for hydroxylation is 1. The molecule has 1 aromatic rings. The van der Waals surface area contributed by atoms with E-state index in [0.717, 1.165) is 22.7 Å². The fraction of sp³-hybridized carbons (Fsp3) is 0.429. The fourth-order valence-corrected chi connectivity index (χ4v) is 2.55. The summed E-state index contributed by atoms with van der Waals surface area (Å²) >= 11 is 0. The zero-order valence-corrected chi connectivity index (χ0v) is 10.6. The normalized spacial score (nSPS) is 30.1. The molecule has 4 heteroatoms. The Bertz CT molecular complexity index is 565. The second kappa shape index (κ2) is 3.65. The molecule has 2 atom stereocenters. The van der Waals surface area contributed by atoms with Crippen LogP contribution in [0.15, 0.2) is 23.2 Å². The molecular formula is C14H16N2O2. The quantitative estimate of drug-likeness (QED) is 0.758. The molecule has 94 valence electrons. The maximum absolute atomic E-state index is 11.8. The molecule has 3 rings (SSSR count). The summed E-state index contributed by atoms with van der Waals surface area (Å²) in [7, 11) is 0. The van der Waals surface area contributed by atoms with E-state index in [-0.39, 0.29) is 5.78 Å². The summed E-state index contributed by atoms with van der Waals surface area (Å²) < 4.78 is 6.02. The average molecular weight is 244 g/mol. The smallest absolute Gasteiger partial charge is 0.154 e. The van der Waals surface area contributed by atoms with E-state index in [9.17, 15) is 4.79 Å². The molecule has 1 fully saturated rings. The third-order valence-corrected chi connectivity index (χ3v) is 3.65. The van der Waals surface area contributed by atoms with E-state index in [1.807, 2.05) is 32.0 Å². The van der Waals surface area contributed by atoms with Gasteiger partial charge in [-0.15, -0.1) is 0 Å². The van der Waals surface area contributed by atoms with E-state index >= 15 is 0 Å². The Morgan fingerprint density at radius 1 is 1.50 bits per heavy atom. The van der Waals surface area contributed by atoms with E-state index in [1.165, 1.54) is 0 Å². The van der Waals surface area contributed by atoms with Gasteiger partial charge < -0.3 is 10.5 Å². The van der Waals surface area contributed by atoms with Crippen LogP contribution in [-0.2, 0) is 4.79 Å². The van der Waals surface area contributed by atoms with Gasteiger partial charge in [-0.05, 0) is 31.5 Å². The number of hydrogen-bond acceptors (Lipinski definition) is 4. The van der Waals surface area contributed by atoms with Crippen molar-refractivity contribution in [2.45, 2.75) is 38.3 Å². The van der Waals surface area contributed by atoms with Gasteiger partial charge in [0.25, 0.3) is 0 Å². The second-order valence-corrected chi connectivity index (χ2v) is 5.32. The first kappa shape index (κ1) is 11.4. The van der Waals surface area contributed by atoms with Crippen LogP contribution in [0.3, 0.4) is 0 Å². The minimum Gasteiger partial charge on any atom is -0.479 e. The van der Waals surface area contributed by atoms with Crippen molar-refractivity contribution in [2.24, 2.45) is 10.7 Å². The van der Waals surface area contributed by atoms with Crippen LogP contribution in [0, 0.1) is 6.92 Å². The second-order valence-electron chi connectivity index (χ2n) is 5.32. The highest BCUT2D eigenvalue weighted by Gasteiger charge is 2.44. The Kier molecular flexibility index (Phi) is 2.32. The van der Waals surface area contributed by atoms with Crippen LogP contribution >= 0.6 is 0 Å². The van der Waals surface area contributed by atoms with Gasteiger partial charge in [0.15, 0.2) is 11.4 Å². The number of benzene rings is 1.